The fourth-order valence-corrected chi connectivity index (χ4v) is 3.67. The zero-order chi connectivity index (χ0) is 27.2. The molecule has 9 nitrogen and oxygen atoms in total. The molecule has 2 aromatic rings. The summed E-state index contributed by atoms with van der Waals surface area (Å²) in [6.45, 7) is 5.53. The standard InChI is InChI=1S/C28H37N3O6/c1-4-11-22(25(33)27(35)29-17-24(32)21-14-9-6-10-15-21)30-26(34)23(16-19(2)3)31-28(36)37-18-20-12-7-5-8-13-20/h5-10,12-15,19,22-24,32H,4,11,16-18H2,1-3H3,(H,29,35)(H,30,34)(H,31,36)/t22?,23-,24?/m0/s1. The van der Waals surface area contributed by atoms with Gasteiger partial charge in [-0.05, 0) is 29.9 Å². The minimum Gasteiger partial charge on any atom is -0.445 e. The van der Waals surface area contributed by atoms with Crippen LogP contribution in [0, 0.1) is 5.92 Å². The SMILES string of the molecule is CCCC(NC(=O)[C@H](CC(C)C)NC(=O)OCc1ccccc1)C(=O)C(=O)NCC(O)c1ccccc1. The number of amides is 3. The summed E-state index contributed by atoms with van der Waals surface area (Å²) < 4.78 is 5.23. The molecule has 9 heteroatoms. The fourth-order valence-electron chi connectivity index (χ4n) is 3.67. The summed E-state index contributed by atoms with van der Waals surface area (Å²) in [5.41, 5.74) is 1.41. The van der Waals surface area contributed by atoms with Crippen LogP contribution < -0.4 is 16.0 Å². The lowest BCUT2D eigenvalue weighted by Crippen LogP contribution is -2.54. The van der Waals surface area contributed by atoms with Gasteiger partial charge < -0.3 is 25.8 Å². The minimum absolute atomic E-state index is 0.0502. The first kappa shape index (κ1) is 29.5. The Morgan fingerprint density at radius 3 is 2.11 bits per heavy atom. The number of Topliss-reactive ketones (excluding diaryl/α,β-unsaturated/α-hetero) is 1. The van der Waals surface area contributed by atoms with Gasteiger partial charge in [0.2, 0.25) is 11.7 Å². The highest BCUT2D eigenvalue weighted by molar-refractivity contribution is 6.38. The summed E-state index contributed by atoms with van der Waals surface area (Å²) in [7, 11) is 0. The number of alkyl carbamates (subject to hydrolysis) is 1. The van der Waals surface area contributed by atoms with Crippen LogP contribution in [0.1, 0.15) is 57.3 Å². The molecule has 0 aliphatic rings. The lowest BCUT2D eigenvalue weighted by atomic mass is 10.0. The second-order valence-corrected chi connectivity index (χ2v) is 9.24. The van der Waals surface area contributed by atoms with Gasteiger partial charge in [0.25, 0.3) is 5.91 Å². The molecular weight excluding hydrogens is 474 g/mol. The number of carbonyl (C=O) groups is 4. The molecule has 4 N–H and O–H groups in total. The fraction of sp³-hybridized carbons (Fsp3) is 0.429. The molecule has 2 aromatic carbocycles. The molecule has 0 radical (unpaired) electrons. The van der Waals surface area contributed by atoms with Gasteiger partial charge in [-0.15, -0.1) is 0 Å². The second-order valence-electron chi connectivity index (χ2n) is 9.24. The Labute approximate surface area is 218 Å². The van der Waals surface area contributed by atoms with Gasteiger partial charge >= 0.3 is 6.09 Å². The number of rotatable bonds is 14. The minimum atomic E-state index is -1.07. The van der Waals surface area contributed by atoms with Gasteiger partial charge in [-0.2, -0.15) is 0 Å². The normalized spacial score (nSPS) is 13.2. The molecule has 0 bridgehead atoms. The monoisotopic (exact) mass is 511 g/mol. The van der Waals surface area contributed by atoms with Crippen molar-refractivity contribution in [2.24, 2.45) is 5.92 Å². The Kier molecular flexibility index (Phi) is 12.3. The van der Waals surface area contributed by atoms with E-state index in [1.165, 1.54) is 0 Å². The van der Waals surface area contributed by atoms with Crippen LogP contribution in [0.3, 0.4) is 0 Å². The zero-order valence-electron chi connectivity index (χ0n) is 21.6. The Bertz CT molecular complexity index is 1010. The third kappa shape index (κ3) is 10.4. The van der Waals surface area contributed by atoms with Crippen molar-refractivity contribution in [1.29, 1.82) is 0 Å². The molecule has 3 atom stereocenters. The molecular formula is C28H37N3O6. The van der Waals surface area contributed by atoms with Gasteiger partial charge in [-0.1, -0.05) is 87.9 Å². The molecule has 0 saturated heterocycles. The number of ketones is 1. The smallest absolute Gasteiger partial charge is 0.408 e. The molecule has 0 fully saturated rings. The lowest BCUT2D eigenvalue weighted by Gasteiger charge is -2.23. The van der Waals surface area contributed by atoms with Gasteiger partial charge in [0, 0.05) is 6.54 Å². The maximum Gasteiger partial charge on any atom is 0.408 e. The van der Waals surface area contributed by atoms with Gasteiger partial charge in [-0.25, -0.2) is 4.79 Å². The predicted octanol–water partition coefficient (Wildman–Crippen LogP) is 3.03. The average Bonchev–Trinajstić information content (AvgIpc) is 2.90. The van der Waals surface area contributed by atoms with Crippen LogP contribution in [0.15, 0.2) is 60.7 Å². The van der Waals surface area contributed by atoms with Crippen molar-refractivity contribution in [1.82, 2.24) is 16.0 Å². The van der Waals surface area contributed by atoms with Crippen molar-refractivity contribution < 1.29 is 29.0 Å². The van der Waals surface area contributed by atoms with Crippen LogP contribution in [0.5, 0.6) is 0 Å². The third-order valence-corrected chi connectivity index (χ3v) is 5.60. The summed E-state index contributed by atoms with van der Waals surface area (Å²) in [4.78, 5) is 50.7. The largest absolute Gasteiger partial charge is 0.445 e. The van der Waals surface area contributed by atoms with E-state index >= 15 is 0 Å². The van der Waals surface area contributed by atoms with Gasteiger partial charge in [0.05, 0.1) is 12.1 Å². The lowest BCUT2D eigenvalue weighted by molar-refractivity contribution is -0.140. The molecule has 37 heavy (non-hydrogen) atoms. The van der Waals surface area contributed by atoms with Crippen LogP contribution in [0.2, 0.25) is 0 Å². The van der Waals surface area contributed by atoms with E-state index in [-0.39, 0.29) is 25.5 Å². The maximum absolute atomic E-state index is 13.0. The van der Waals surface area contributed by atoms with E-state index in [1.807, 2.05) is 51.1 Å². The highest BCUT2D eigenvalue weighted by Gasteiger charge is 2.30. The van der Waals surface area contributed by atoms with Crippen molar-refractivity contribution >= 4 is 23.7 Å². The van der Waals surface area contributed by atoms with Crippen LogP contribution in [0.4, 0.5) is 4.79 Å². The topological polar surface area (TPSA) is 134 Å². The average molecular weight is 512 g/mol. The van der Waals surface area contributed by atoms with E-state index in [4.69, 9.17) is 4.74 Å². The van der Waals surface area contributed by atoms with E-state index in [0.29, 0.717) is 18.4 Å². The van der Waals surface area contributed by atoms with Crippen LogP contribution in [-0.2, 0) is 25.7 Å². The van der Waals surface area contributed by atoms with Gasteiger partial charge in [0.1, 0.15) is 12.6 Å². The Balaban J connectivity index is 1.96. The maximum atomic E-state index is 13.0. The number of aliphatic hydroxyl groups is 1. The van der Waals surface area contributed by atoms with E-state index in [0.717, 1.165) is 5.56 Å². The highest BCUT2D eigenvalue weighted by Crippen LogP contribution is 2.11. The summed E-state index contributed by atoms with van der Waals surface area (Å²) >= 11 is 0. The molecule has 2 unspecified atom stereocenters. The number of hydrogen-bond donors (Lipinski definition) is 4. The third-order valence-electron chi connectivity index (χ3n) is 5.60. The van der Waals surface area contributed by atoms with Crippen molar-refractivity contribution in [3.05, 3.63) is 71.8 Å². The van der Waals surface area contributed by atoms with E-state index in [1.54, 1.807) is 30.3 Å². The van der Waals surface area contributed by atoms with E-state index in [2.05, 4.69) is 16.0 Å². The zero-order valence-corrected chi connectivity index (χ0v) is 21.6. The van der Waals surface area contributed by atoms with Crippen molar-refractivity contribution in [2.45, 2.75) is 64.8 Å². The highest BCUT2D eigenvalue weighted by atomic mass is 16.5. The number of benzene rings is 2. The molecule has 3 amide bonds. The molecule has 0 aromatic heterocycles. The Morgan fingerprint density at radius 1 is 0.892 bits per heavy atom. The summed E-state index contributed by atoms with van der Waals surface area (Å²) in [5.74, 6) is -2.22. The second kappa shape index (κ2) is 15.4. The number of hydrogen-bond acceptors (Lipinski definition) is 6. The molecule has 0 heterocycles. The van der Waals surface area contributed by atoms with E-state index in [9.17, 15) is 24.3 Å². The van der Waals surface area contributed by atoms with Crippen LogP contribution >= 0.6 is 0 Å². The van der Waals surface area contributed by atoms with Gasteiger partial charge in [0.15, 0.2) is 0 Å². The first-order chi connectivity index (χ1) is 17.7. The molecule has 200 valence electrons. The van der Waals surface area contributed by atoms with Crippen LogP contribution in [0.25, 0.3) is 0 Å². The van der Waals surface area contributed by atoms with Crippen molar-refractivity contribution in [3.63, 3.8) is 0 Å². The molecule has 0 aliphatic carbocycles. The van der Waals surface area contributed by atoms with Crippen LogP contribution in [-0.4, -0.2) is 47.4 Å². The first-order valence-electron chi connectivity index (χ1n) is 12.5. The Hall–Kier alpha value is -3.72. The molecule has 2 rings (SSSR count). The number of aliphatic hydroxyl groups excluding tert-OH is 1. The number of nitrogens with one attached hydrogen (secondary N) is 3. The molecule has 0 aliphatic heterocycles. The number of carbonyl (C=O) groups excluding carboxylic acids is 4. The first-order valence-corrected chi connectivity index (χ1v) is 12.5. The molecule has 0 saturated carbocycles. The van der Waals surface area contributed by atoms with E-state index < -0.39 is 41.9 Å². The van der Waals surface area contributed by atoms with Gasteiger partial charge in [-0.3, -0.25) is 14.4 Å². The quantitative estimate of drug-likeness (QED) is 0.288. The van der Waals surface area contributed by atoms with Crippen molar-refractivity contribution in [2.75, 3.05) is 6.54 Å². The van der Waals surface area contributed by atoms with Crippen molar-refractivity contribution in [3.8, 4) is 0 Å². The number of ether oxygens (including phenoxy) is 1. The predicted molar refractivity (Wildman–Crippen MR) is 139 cm³/mol. The summed E-state index contributed by atoms with van der Waals surface area (Å²) in [6, 6.07) is 15.9. The Morgan fingerprint density at radius 2 is 1.51 bits per heavy atom. The summed E-state index contributed by atoms with van der Waals surface area (Å²) in [6.07, 6.45) is -0.631. The summed E-state index contributed by atoms with van der Waals surface area (Å²) in [5, 5.41) is 17.9. The molecule has 0 spiro atoms.